The second-order valence-electron chi connectivity index (χ2n) is 5.27. The summed E-state index contributed by atoms with van der Waals surface area (Å²) in [6, 6.07) is 16.3. The Morgan fingerprint density at radius 3 is 2.54 bits per heavy atom. The Morgan fingerprint density at radius 1 is 1.00 bits per heavy atom. The second-order valence-corrected chi connectivity index (χ2v) is 6.13. The van der Waals surface area contributed by atoms with Crippen molar-refractivity contribution in [2.75, 3.05) is 26.1 Å². The summed E-state index contributed by atoms with van der Waals surface area (Å²) in [6.45, 7) is 0.864. The molecule has 0 atom stereocenters. The highest BCUT2D eigenvalue weighted by molar-refractivity contribution is 7.14. The quantitative estimate of drug-likeness (QED) is 0.688. The first-order valence-corrected chi connectivity index (χ1v) is 8.64. The third-order valence-electron chi connectivity index (χ3n) is 3.72. The van der Waals surface area contributed by atoms with Gasteiger partial charge in [0.15, 0.2) is 16.6 Å². The molecule has 0 aliphatic carbocycles. The lowest BCUT2D eigenvalue weighted by atomic mass is 10.1. The number of methoxy groups -OCH3 is 2. The van der Waals surface area contributed by atoms with Crippen LogP contribution < -0.4 is 14.8 Å². The van der Waals surface area contributed by atoms with Gasteiger partial charge in [0.2, 0.25) is 0 Å². The van der Waals surface area contributed by atoms with Crippen LogP contribution in [0.1, 0.15) is 5.56 Å². The molecule has 0 saturated carbocycles. The maximum atomic E-state index is 5.35. The Hall–Kier alpha value is -2.53. The molecule has 2 aromatic carbocycles. The fourth-order valence-corrected chi connectivity index (χ4v) is 3.19. The number of aromatic nitrogens is 1. The van der Waals surface area contributed by atoms with E-state index >= 15 is 0 Å². The molecule has 0 aliphatic rings. The van der Waals surface area contributed by atoms with Crippen LogP contribution >= 0.6 is 11.3 Å². The van der Waals surface area contributed by atoms with E-state index in [0.29, 0.717) is 5.75 Å². The summed E-state index contributed by atoms with van der Waals surface area (Å²) < 4.78 is 10.6. The van der Waals surface area contributed by atoms with Crippen LogP contribution in [0.2, 0.25) is 0 Å². The van der Waals surface area contributed by atoms with Crippen molar-refractivity contribution in [1.29, 1.82) is 0 Å². The van der Waals surface area contributed by atoms with Gasteiger partial charge in [-0.3, -0.25) is 0 Å². The van der Waals surface area contributed by atoms with Crippen molar-refractivity contribution in [2.45, 2.75) is 6.42 Å². The van der Waals surface area contributed by atoms with E-state index in [4.69, 9.17) is 9.47 Å². The van der Waals surface area contributed by atoms with Crippen LogP contribution in [0.4, 0.5) is 5.13 Å². The highest BCUT2D eigenvalue weighted by Crippen LogP contribution is 2.33. The van der Waals surface area contributed by atoms with Crippen LogP contribution in [0.3, 0.4) is 0 Å². The lowest BCUT2D eigenvalue weighted by Crippen LogP contribution is -2.04. The van der Waals surface area contributed by atoms with E-state index in [1.165, 1.54) is 5.56 Å². The number of anilines is 1. The van der Waals surface area contributed by atoms with E-state index in [2.05, 4.69) is 34.6 Å². The molecule has 24 heavy (non-hydrogen) atoms. The molecule has 0 unspecified atom stereocenters. The molecule has 3 aromatic rings. The van der Waals surface area contributed by atoms with Crippen molar-refractivity contribution in [3.63, 3.8) is 0 Å². The van der Waals surface area contributed by atoms with Crippen molar-refractivity contribution in [1.82, 2.24) is 4.98 Å². The Labute approximate surface area is 146 Å². The van der Waals surface area contributed by atoms with Crippen LogP contribution in [-0.4, -0.2) is 25.7 Å². The van der Waals surface area contributed by atoms with Gasteiger partial charge in [0.05, 0.1) is 19.9 Å². The third kappa shape index (κ3) is 3.86. The van der Waals surface area contributed by atoms with E-state index < -0.39 is 0 Å². The molecular weight excluding hydrogens is 320 g/mol. The van der Waals surface area contributed by atoms with E-state index in [9.17, 15) is 0 Å². The molecule has 1 heterocycles. The average molecular weight is 340 g/mol. The minimum Gasteiger partial charge on any atom is -0.493 e. The fraction of sp³-hybridized carbons (Fsp3) is 0.211. The average Bonchev–Trinajstić information content (AvgIpc) is 3.11. The van der Waals surface area contributed by atoms with Crippen LogP contribution in [-0.2, 0) is 6.42 Å². The van der Waals surface area contributed by atoms with Gasteiger partial charge in [-0.25, -0.2) is 4.98 Å². The molecule has 5 heteroatoms. The first-order valence-electron chi connectivity index (χ1n) is 7.76. The predicted octanol–water partition coefficient (Wildman–Crippen LogP) is 4.48. The molecule has 0 amide bonds. The molecule has 0 saturated heterocycles. The molecule has 0 bridgehead atoms. The number of rotatable bonds is 7. The number of nitrogens with one attached hydrogen (secondary N) is 1. The monoisotopic (exact) mass is 340 g/mol. The summed E-state index contributed by atoms with van der Waals surface area (Å²) in [6.07, 6.45) is 0.978. The van der Waals surface area contributed by atoms with Crippen molar-refractivity contribution in [2.24, 2.45) is 0 Å². The fourth-order valence-electron chi connectivity index (χ4n) is 2.44. The normalized spacial score (nSPS) is 10.4. The minimum absolute atomic E-state index is 0.710. The Balaban J connectivity index is 1.65. The van der Waals surface area contributed by atoms with E-state index in [0.717, 1.165) is 35.1 Å². The van der Waals surface area contributed by atoms with Crippen molar-refractivity contribution >= 4 is 16.5 Å². The molecule has 0 radical (unpaired) electrons. The van der Waals surface area contributed by atoms with Gasteiger partial charge in [-0.1, -0.05) is 30.3 Å². The maximum Gasteiger partial charge on any atom is 0.183 e. The maximum absolute atomic E-state index is 5.35. The SMILES string of the molecule is COc1ccc(-c2csc(NCCc3ccccc3)n2)cc1OC. The zero-order valence-electron chi connectivity index (χ0n) is 13.8. The number of thiazole rings is 1. The van der Waals surface area contributed by atoms with Gasteiger partial charge in [0, 0.05) is 17.5 Å². The Bertz CT molecular complexity index is 787. The van der Waals surface area contributed by atoms with E-state index in [1.807, 2.05) is 29.6 Å². The molecule has 1 N–H and O–H groups in total. The number of hydrogen-bond donors (Lipinski definition) is 1. The Morgan fingerprint density at radius 2 is 1.79 bits per heavy atom. The van der Waals surface area contributed by atoms with E-state index in [-0.39, 0.29) is 0 Å². The van der Waals surface area contributed by atoms with Crippen LogP contribution in [0.5, 0.6) is 11.5 Å². The lowest BCUT2D eigenvalue weighted by Gasteiger charge is -2.08. The van der Waals surface area contributed by atoms with Gasteiger partial charge < -0.3 is 14.8 Å². The Kier molecular flexibility index (Phi) is 5.33. The van der Waals surface area contributed by atoms with Crippen molar-refractivity contribution in [3.8, 4) is 22.8 Å². The number of ether oxygens (including phenoxy) is 2. The molecular formula is C19H20N2O2S. The smallest absolute Gasteiger partial charge is 0.183 e. The highest BCUT2D eigenvalue weighted by atomic mass is 32.1. The minimum atomic E-state index is 0.710. The second kappa shape index (κ2) is 7.84. The first kappa shape index (κ1) is 16.3. The summed E-state index contributed by atoms with van der Waals surface area (Å²) in [5.74, 6) is 1.43. The molecule has 0 aliphatic heterocycles. The first-order chi connectivity index (χ1) is 11.8. The van der Waals surface area contributed by atoms with Gasteiger partial charge in [0.25, 0.3) is 0 Å². The molecule has 4 nitrogen and oxygen atoms in total. The van der Waals surface area contributed by atoms with Gasteiger partial charge in [-0.15, -0.1) is 11.3 Å². The molecule has 0 spiro atoms. The van der Waals surface area contributed by atoms with Gasteiger partial charge in [-0.05, 0) is 30.2 Å². The molecule has 124 valence electrons. The molecule has 1 aromatic heterocycles. The summed E-state index contributed by atoms with van der Waals surface area (Å²) in [5, 5.41) is 6.36. The summed E-state index contributed by atoms with van der Waals surface area (Å²) >= 11 is 1.61. The number of nitrogens with zero attached hydrogens (tertiary/aromatic N) is 1. The van der Waals surface area contributed by atoms with Gasteiger partial charge in [-0.2, -0.15) is 0 Å². The molecule has 0 fully saturated rings. The topological polar surface area (TPSA) is 43.4 Å². The zero-order valence-corrected chi connectivity index (χ0v) is 14.6. The third-order valence-corrected chi connectivity index (χ3v) is 4.52. The molecule has 3 rings (SSSR count). The largest absolute Gasteiger partial charge is 0.493 e. The number of benzene rings is 2. The zero-order chi connectivity index (χ0) is 16.8. The van der Waals surface area contributed by atoms with Crippen LogP contribution in [0.25, 0.3) is 11.3 Å². The van der Waals surface area contributed by atoms with Crippen LogP contribution in [0, 0.1) is 0 Å². The highest BCUT2D eigenvalue weighted by Gasteiger charge is 2.09. The van der Waals surface area contributed by atoms with Gasteiger partial charge in [0.1, 0.15) is 0 Å². The van der Waals surface area contributed by atoms with Crippen molar-refractivity contribution in [3.05, 3.63) is 59.5 Å². The summed E-state index contributed by atoms with van der Waals surface area (Å²) in [7, 11) is 3.27. The number of hydrogen-bond acceptors (Lipinski definition) is 5. The van der Waals surface area contributed by atoms with Crippen molar-refractivity contribution < 1.29 is 9.47 Å². The van der Waals surface area contributed by atoms with E-state index in [1.54, 1.807) is 25.6 Å². The van der Waals surface area contributed by atoms with Gasteiger partial charge >= 0.3 is 0 Å². The standard InChI is InChI=1S/C19H20N2O2S/c1-22-17-9-8-15(12-18(17)23-2)16-13-24-19(21-16)20-11-10-14-6-4-3-5-7-14/h3-9,12-13H,10-11H2,1-2H3,(H,20,21). The summed E-state index contributed by atoms with van der Waals surface area (Å²) in [4.78, 5) is 4.65. The predicted molar refractivity (Wildman–Crippen MR) is 99.3 cm³/mol. The van der Waals surface area contributed by atoms with Crippen LogP contribution in [0.15, 0.2) is 53.9 Å². The lowest BCUT2D eigenvalue weighted by molar-refractivity contribution is 0.355. The summed E-state index contributed by atoms with van der Waals surface area (Å²) in [5.41, 5.74) is 3.27.